The zero-order valence-corrected chi connectivity index (χ0v) is 10.8. The van der Waals surface area contributed by atoms with Crippen molar-refractivity contribution in [2.75, 3.05) is 5.32 Å². The lowest BCUT2D eigenvalue weighted by atomic mass is 10.3. The maximum Gasteiger partial charge on any atom is 0.276 e. The van der Waals surface area contributed by atoms with Crippen molar-refractivity contribution in [1.29, 1.82) is 0 Å². The smallest absolute Gasteiger partial charge is 0.276 e. The fraction of sp³-hybridized carbons (Fsp3) is 0. The summed E-state index contributed by atoms with van der Waals surface area (Å²) in [4.78, 5) is 16.1. The molecule has 0 spiro atoms. The van der Waals surface area contributed by atoms with Gasteiger partial charge in [-0.3, -0.25) is 4.79 Å². The van der Waals surface area contributed by atoms with Gasteiger partial charge in [0.1, 0.15) is 5.82 Å². The van der Waals surface area contributed by atoms with E-state index in [-0.39, 0.29) is 10.7 Å². The molecule has 0 aliphatic rings. The fourth-order valence-electron chi connectivity index (χ4n) is 1.71. The van der Waals surface area contributed by atoms with E-state index in [0.717, 1.165) is 0 Å². The molecule has 0 atom stereocenters. The summed E-state index contributed by atoms with van der Waals surface area (Å²) in [5, 5.41) is 6.62. The summed E-state index contributed by atoms with van der Waals surface area (Å²) < 4.78 is 14.5. The van der Waals surface area contributed by atoms with Crippen LogP contribution in [0.5, 0.6) is 0 Å². The van der Waals surface area contributed by atoms with E-state index in [1.54, 1.807) is 24.5 Å². The Hall–Kier alpha value is -2.47. The van der Waals surface area contributed by atoms with E-state index in [0.29, 0.717) is 11.3 Å². The highest BCUT2D eigenvalue weighted by molar-refractivity contribution is 6.31. The lowest BCUT2D eigenvalue weighted by Crippen LogP contribution is -2.12. The van der Waals surface area contributed by atoms with Crippen molar-refractivity contribution in [1.82, 2.24) is 14.6 Å². The van der Waals surface area contributed by atoms with Crippen LogP contribution < -0.4 is 5.32 Å². The molecule has 1 amide bonds. The lowest BCUT2D eigenvalue weighted by molar-refractivity contribution is 0.102. The highest BCUT2D eigenvalue weighted by Gasteiger charge is 2.12. The summed E-state index contributed by atoms with van der Waals surface area (Å²) in [6, 6.07) is 7.21. The van der Waals surface area contributed by atoms with Crippen LogP contribution in [0.1, 0.15) is 10.5 Å². The number of hydrogen-bond donors (Lipinski definition) is 1. The van der Waals surface area contributed by atoms with E-state index in [1.807, 2.05) is 0 Å². The third kappa shape index (κ3) is 2.33. The van der Waals surface area contributed by atoms with E-state index in [4.69, 9.17) is 11.6 Å². The maximum atomic E-state index is 13.0. The Kier molecular flexibility index (Phi) is 3.08. The van der Waals surface area contributed by atoms with Crippen LogP contribution in [0.4, 0.5) is 10.1 Å². The van der Waals surface area contributed by atoms with Gasteiger partial charge in [0, 0.05) is 24.1 Å². The average Bonchev–Trinajstić information content (AvgIpc) is 2.87. The molecule has 2 heterocycles. The Balaban J connectivity index is 1.86. The minimum absolute atomic E-state index is 0.0560. The van der Waals surface area contributed by atoms with Crippen LogP contribution in [0.2, 0.25) is 5.02 Å². The molecule has 0 radical (unpaired) electrons. The second kappa shape index (κ2) is 4.90. The normalized spacial score (nSPS) is 10.7. The van der Waals surface area contributed by atoms with Crippen LogP contribution in [0.15, 0.2) is 42.7 Å². The van der Waals surface area contributed by atoms with Crippen molar-refractivity contribution in [2.45, 2.75) is 0 Å². The van der Waals surface area contributed by atoms with Gasteiger partial charge in [0.15, 0.2) is 11.3 Å². The highest BCUT2D eigenvalue weighted by atomic mass is 35.5. The number of carbonyl (C=O) groups is 1. The summed E-state index contributed by atoms with van der Waals surface area (Å²) in [6.45, 7) is 0. The van der Waals surface area contributed by atoms with E-state index in [2.05, 4.69) is 15.4 Å². The molecular weight excluding hydrogens is 283 g/mol. The van der Waals surface area contributed by atoms with E-state index < -0.39 is 11.7 Å². The molecule has 7 heteroatoms. The molecule has 0 aliphatic heterocycles. The van der Waals surface area contributed by atoms with Crippen molar-refractivity contribution in [3.63, 3.8) is 0 Å². The summed E-state index contributed by atoms with van der Waals surface area (Å²) in [7, 11) is 0. The third-order valence-corrected chi connectivity index (χ3v) is 2.94. The third-order valence-electron chi connectivity index (χ3n) is 2.65. The Morgan fingerprint density at radius 2 is 2.20 bits per heavy atom. The van der Waals surface area contributed by atoms with Crippen LogP contribution in [0.25, 0.3) is 5.65 Å². The topological polar surface area (TPSA) is 59.3 Å². The molecule has 0 bridgehead atoms. The summed E-state index contributed by atoms with van der Waals surface area (Å²) in [6.07, 6.45) is 3.30. The minimum Gasteiger partial charge on any atom is -0.321 e. The Labute approximate surface area is 118 Å². The molecule has 1 N–H and O–H groups in total. The zero-order chi connectivity index (χ0) is 14.1. The van der Waals surface area contributed by atoms with E-state index >= 15 is 0 Å². The summed E-state index contributed by atoms with van der Waals surface area (Å²) in [5.41, 5.74) is 1.17. The van der Waals surface area contributed by atoms with Crippen molar-refractivity contribution < 1.29 is 9.18 Å². The SMILES string of the molecule is O=C(Nc1ccc(F)c(Cl)c1)c1cc2ncccn2n1. The largest absolute Gasteiger partial charge is 0.321 e. The standard InChI is InChI=1S/C13H8ClFN4O/c14-9-6-8(2-3-10(9)15)17-13(20)11-7-12-16-4-1-5-19(12)18-11/h1-7H,(H,17,20). The van der Waals surface area contributed by atoms with Crippen molar-refractivity contribution >= 4 is 28.8 Å². The first-order valence-electron chi connectivity index (χ1n) is 5.70. The molecule has 3 aromatic rings. The number of amides is 1. The molecule has 5 nitrogen and oxygen atoms in total. The van der Waals surface area contributed by atoms with Crippen LogP contribution in [0, 0.1) is 5.82 Å². The first kappa shape index (κ1) is 12.6. The second-order valence-electron chi connectivity index (χ2n) is 4.04. The number of aromatic nitrogens is 3. The first-order chi connectivity index (χ1) is 9.63. The second-order valence-corrected chi connectivity index (χ2v) is 4.44. The average molecular weight is 291 g/mol. The molecule has 2 aromatic heterocycles. The number of hydrogen-bond acceptors (Lipinski definition) is 3. The van der Waals surface area contributed by atoms with Crippen molar-refractivity contribution in [3.05, 3.63) is 59.3 Å². The van der Waals surface area contributed by atoms with Gasteiger partial charge in [-0.05, 0) is 24.3 Å². The number of benzene rings is 1. The number of nitrogens with zero attached hydrogens (tertiary/aromatic N) is 3. The van der Waals surface area contributed by atoms with Gasteiger partial charge < -0.3 is 5.32 Å². The molecule has 0 fully saturated rings. The molecule has 20 heavy (non-hydrogen) atoms. The van der Waals surface area contributed by atoms with Crippen LogP contribution >= 0.6 is 11.6 Å². The van der Waals surface area contributed by atoms with Crippen molar-refractivity contribution in [2.24, 2.45) is 0 Å². The monoisotopic (exact) mass is 290 g/mol. The van der Waals surface area contributed by atoms with Gasteiger partial charge in [-0.2, -0.15) is 5.10 Å². The Morgan fingerprint density at radius 3 is 2.95 bits per heavy atom. The number of anilines is 1. The minimum atomic E-state index is -0.540. The van der Waals surface area contributed by atoms with Gasteiger partial charge in [-0.15, -0.1) is 0 Å². The Morgan fingerprint density at radius 1 is 1.35 bits per heavy atom. The molecule has 3 rings (SSSR count). The van der Waals surface area contributed by atoms with Gasteiger partial charge in [0.05, 0.1) is 5.02 Å². The maximum absolute atomic E-state index is 13.0. The molecule has 0 saturated carbocycles. The predicted molar refractivity (Wildman–Crippen MR) is 72.4 cm³/mol. The van der Waals surface area contributed by atoms with Gasteiger partial charge in [0.25, 0.3) is 5.91 Å². The molecule has 100 valence electrons. The van der Waals surface area contributed by atoms with Gasteiger partial charge in [-0.1, -0.05) is 11.6 Å². The highest BCUT2D eigenvalue weighted by Crippen LogP contribution is 2.19. The fourth-order valence-corrected chi connectivity index (χ4v) is 1.89. The number of nitrogens with one attached hydrogen (secondary N) is 1. The van der Waals surface area contributed by atoms with Gasteiger partial charge in [0.2, 0.25) is 0 Å². The number of carbonyl (C=O) groups excluding carboxylic acids is 1. The van der Waals surface area contributed by atoms with Crippen LogP contribution in [0.3, 0.4) is 0 Å². The zero-order valence-electron chi connectivity index (χ0n) is 10.0. The molecule has 0 unspecified atom stereocenters. The quantitative estimate of drug-likeness (QED) is 0.789. The molecule has 0 saturated heterocycles. The number of fused-ring (bicyclic) bond motifs is 1. The van der Waals surface area contributed by atoms with E-state index in [9.17, 15) is 9.18 Å². The van der Waals surface area contributed by atoms with Crippen LogP contribution in [-0.2, 0) is 0 Å². The van der Waals surface area contributed by atoms with Crippen LogP contribution in [-0.4, -0.2) is 20.5 Å². The molecular formula is C13H8ClFN4O. The summed E-state index contributed by atoms with van der Waals surface area (Å²) in [5.74, 6) is -0.959. The number of halogens is 2. The van der Waals surface area contributed by atoms with Gasteiger partial charge >= 0.3 is 0 Å². The van der Waals surface area contributed by atoms with Gasteiger partial charge in [-0.25, -0.2) is 13.9 Å². The summed E-state index contributed by atoms with van der Waals surface area (Å²) >= 11 is 5.65. The predicted octanol–water partition coefficient (Wildman–Crippen LogP) is 2.77. The number of rotatable bonds is 2. The first-order valence-corrected chi connectivity index (χ1v) is 6.08. The molecule has 1 aromatic carbocycles. The van der Waals surface area contributed by atoms with Crippen molar-refractivity contribution in [3.8, 4) is 0 Å². The lowest BCUT2D eigenvalue weighted by Gasteiger charge is -2.03. The molecule has 0 aliphatic carbocycles. The van der Waals surface area contributed by atoms with E-state index in [1.165, 1.54) is 22.7 Å². The Bertz CT molecular complexity index is 769.